The van der Waals surface area contributed by atoms with E-state index in [0.717, 1.165) is 63.0 Å². The lowest BCUT2D eigenvalue weighted by Crippen LogP contribution is -2.39. The largest absolute Gasteiger partial charge is 0.378 e. The molecule has 1 aliphatic heterocycles. The van der Waals surface area contributed by atoms with Crippen LogP contribution in [0.2, 0.25) is 0 Å². The van der Waals surface area contributed by atoms with Crippen LogP contribution in [0.25, 0.3) is 0 Å². The number of rotatable bonds is 4. The van der Waals surface area contributed by atoms with Gasteiger partial charge in [-0.3, -0.25) is 9.59 Å². The van der Waals surface area contributed by atoms with Crippen LogP contribution in [-0.2, 0) is 9.59 Å². The molecule has 0 aromatic heterocycles. The summed E-state index contributed by atoms with van der Waals surface area (Å²) in [5, 5.41) is 3.04. The second kappa shape index (κ2) is 9.25. The summed E-state index contributed by atoms with van der Waals surface area (Å²) >= 11 is 0. The maximum absolute atomic E-state index is 12.8. The van der Waals surface area contributed by atoms with Gasteiger partial charge in [0, 0.05) is 50.4 Å². The van der Waals surface area contributed by atoms with Crippen molar-refractivity contribution < 1.29 is 9.59 Å². The minimum absolute atomic E-state index is 0.0201. The summed E-state index contributed by atoms with van der Waals surface area (Å²) in [5.41, 5.74) is 1.95. The Hall–Kier alpha value is -2.04. The van der Waals surface area contributed by atoms with Gasteiger partial charge in [0.1, 0.15) is 0 Å². The zero-order chi connectivity index (χ0) is 19.2. The summed E-state index contributed by atoms with van der Waals surface area (Å²) in [6.07, 6.45) is 8.06. The van der Waals surface area contributed by atoms with Crippen molar-refractivity contribution in [3.05, 3.63) is 24.3 Å². The Labute approximate surface area is 163 Å². The fourth-order valence-electron chi connectivity index (χ4n) is 4.24. The van der Waals surface area contributed by atoms with Gasteiger partial charge in [-0.05, 0) is 62.8 Å². The Kier molecular flexibility index (Phi) is 6.75. The third kappa shape index (κ3) is 5.24. The van der Waals surface area contributed by atoms with Gasteiger partial charge in [0.2, 0.25) is 11.8 Å². The molecule has 3 rings (SSSR count). The molecular formula is C22H33N3O2. The second-order valence-electron chi connectivity index (χ2n) is 8.22. The number of benzene rings is 1. The fourth-order valence-corrected chi connectivity index (χ4v) is 4.24. The molecule has 2 aliphatic rings. The van der Waals surface area contributed by atoms with Gasteiger partial charge >= 0.3 is 0 Å². The number of hydrogen-bond donors (Lipinski definition) is 1. The highest BCUT2D eigenvalue weighted by Crippen LogP contribution is 2.31. The zero-order valence-corrected chi connectivity index (χ0v) is 16.7. The maximum atomic E-state index is 12.8. The number of anilines is 2. The van der Waals surface area contributed by atoms with Gasteiger partial charge < -0.3 is 15.1 Å². The Morgan fingerprint density at radius 1 is 0.889 bits per heavy atom. The molecule has 5 nitrogen and oxygen atoms in total. The number of carbonyl (C=O) groups excluding carboxylic acids is 2. The normalized spacial score (nSPS) is 23.4. The minimum Gasteiger partial charge on any atom is -0.378 e. The Morgan fingerprint density at radius 2 is 1.44 bits per heavy atom. The van der Waals surface area contributed by atoms with Crippen LogP contribution < -0.4 is 10.2 Å². The van der Waals surface area contributed by atoms with Crippen LogP contribution in [-0.4, -0.2) is 43.9 Å². The van der Waals surface area contributed by atoms with Crippen LogP contribution in [0.1, 0.15) is 51.4 Å². The van der Waals surface area contributed by atoms with Crippen LogP contribution in [0.5, 0.6) is 0 Å². The van der Waals surface area contributed by atoms with Gasteiger partial charge in [-0.25, -0.2) is 0 Å². The molecule has 0 bridgehead atoms. The van der Waals surface area contributed by atoms with E-state index in [2.05, 4.69) is 10.2 Å². The molecule has 148 valence electrons. The molecule has 2 amide bonds. The summed E-state index contributed by atoms with van der Waals surface area (Å²) < 4.78 is 0. The maximum Gasteiger partial charge on any atom is 0.227 e. The lowest BCUT2D eigenvalue weighted by Gasteiger charge is -2.31. The zero-order valence-electron chi connectivity index (χ0n) is 16.7. The number of hydrogen-bond acceptors (Lipinski definition) is 3. The van der Waals surface area contributed by atoms with Crippen molar-refractivity contribution in [2.24, 2.45) is 11.8 Å². The van der Waals surface area contributed by atoms with Gasteiger partial charge in [0.25, 0.3) is 0 Å². The smallest absolute Gasteiger partial charge is 0.227 e. The van der Waals surface area contributed by atoms with Crippen molar-refractivity contribution in [1.82, 2.24) is 4.90 Å². The molecule has 1 saturated heterocycles. The topological polar surface area (TPSA) is 52.7 Å². The third-order valence-electron chi connectivity index (χ3n) is 6.02. The monoisotopic (exact) mass is 371 g/mol. The molecule has 2 fully saturated rings. The Bertz CT molecular complexity index is 625. The fraction of sp³-hybridized carbons (Fsp3) is 0.636. The van der Waals surface area contributed by atoms with Crippen molar-refractivity contribution in [1.29, 1.82) is 0 Å². The molecule has 1 saturated carbocycles. The summed E-state index contributed by atoms with van der Waals surface area (Å²) in [5.74, 6) is 0.557. The van der Waals surface area contributed by atoms with E-state index in [0.29, 0.717) is 5.91 Å². The quantitative estimate of drug-likeness (QED) is 0.873. The van der Waals surface area contributed by atoms with Gasteiger partial charge in [-0.1, -0.05) is 12.8 Å². The highest BCUT2D eigenvalue weighted by atomic mass is 16.2. The molecule has 0 unspecified atom stereocenters. The number of nitrogens with one attached hydrogen (secondary N) is 1. The van der Waals surface area contributed by atoms with Crippen LogP contribution in [0, 0.1) is 11.8 Å². The first kappa shape index (κ1) is 19.7. The summed E-state index contributed by atoms with van der Waals surface area (Å²) in [4.78, 5) is 29.5. The lowest BCUT2D eigenvalue weighted by molar-refractivity contribution is -0.137. The van der Waals surface area contributed by atoms with Crippen LogP contribution in [0.15, 0.2) is 24.3 Å². The molecular weight excluding hydrogens is 338 g/mol. The molecule has 1 aromatic rings. The minimum atomic E-state index is 0.0201. The average Bonchev–Trinajstić information content (AvgIpc) is 2.97. The van der Waals surface area contributed by atoms with Gasteiger partial charge in [0.15, 0.2) is 0 Å². The molecule has 1 heterocycles. The summed E-state index contributed by atoms with van der Waals surface area (Å²) in [7, 11) is 4.00. The number of likely N-dealkylation sites (tertiary alicyclic amines) is 1. The van der Waals surface area contributed by atoms with E-state index < -0.39 is 0 Å². The van der Waals surface area contributed by atoms with Crippen LogP contribution in [0.3, 0.4) is 0 Å². The number of nitrogens with zero attached hydrogens (tertiary/aromatic N) is 2. The van der Waals surface area contributed by atoms with Gasteiger partial charge in [-0.2, -0.15) is 0 Å². The number of amides is 2. The average molecular weight is 372 g/mol. The van der Waals surface area contributed by atoms with Crippen LogP contribution in [0.4, 0.5) is 11.4 Å². The van der Waals surface area contributed by atoms with Gasteiger partial charge in [-0.15, -0.1) is 0 Å². The van der Waals surface area contributed by atoms with E-state index >= 15 is 0 Å². The van der Waals surface area contributed by atoms with Crippen molar-refractivity contribution in [2.75, 3.05) is 37.4 Å². The molecule has 1 aliphatic carbocycles. The van der Waals surface area contributed by atoms with E-state index in [-0.39, 0.29) is 17.7 Å². The van der Waals surface area contributed by atoms with Crippen LogP contribution >= 0.6 is 0 Å². The molecule has 1 N–H and O–H groups in total. The lowest BCUT2D eigenvalue weighted by atomic mass is 9.81. The summed E-state index contributed by atoms with van der Waals surface area (Å²) in [6.45, 7) is 1.84. The van der Waals surface area contributed by atoms with E-state index in [1.165, 1.54) is 12.8 Å². The van der Waals surface area contributed by atoms with Crippen molar-refractivity contribution in [3.63, 3.8) is 0 Å². The van der Waals surface area contributed by atoms with Crippen molar-refractivity contribution in [2.45, 2.75) is 51.4 Å². The standard InChI is InChI=1S/C22H33N3O2/c1-24(2)20-13-11-19(12-14-20)23-21(26)17-7-9-18(10-8-17)22(27)25-15-5-3-4-6-16-25/h11-14,17-18H,3-10,15-16H2,1-2H3,(H,23,26). The second-order valence-corrected chi connectivity index (χ2v) is 8.22. The molecule has 0 radical (unpaired) electrons. The number of carbonyl (C=O) groups is 2. The van der Waals surface area contributed by atoms with E-state index in [4.69, 9.17) is 0 Å². The Morgan fingerprint density at radius 3 is 2.00 bits per heavy atom. The Balaban J connectivity index is 1.48. The van der Waals surface area contributed by atoms with E-state index in [1.54, 1.807) is 0 Å². The third-order valence-corrected chi connectivity index (χ3v) is 6.02. The first-order chi connectivity index (χ1) is 13.0. The van der Waals surface area contributed by atoms with E-state index in [1.807, 2.05) is 43.3 Å². The molecule has 1 aromatic carbocycles. The molecule has 0 spiro atoms. The molecule has 0 atom stereocenters. The first-order valence-electron chi connectivity index (χ1n) is 10.4. The molecule has 5 heteroatoms. The summed E-state index contributed by atoms with van der Waals surface area (Å²) in [6, 6.07) is 7.90. The first-order valence-corrected chi connectivity index (χ1v) is 10.4. The van der Waals surface area contributed by atoms with Crippen molar-refractivity contribution >= 4 is 23.2 Å². The van der Waals surface area contributed by atoms with Crippen molar-refractivity contribution in [3.8, 4) is 0 Å². The predicted molar refractivity (Wildman–Crippen MR) is 110 cm³/mol. The highest BCUT2D eigenvalue weighted by Gasteiger charge is 2.32. The molecule has 27 heavy (non-hydrogen) atoms. The SMILES string of the molecule is CN(C)c1ccc(NC(=O)C2CCC(C(=O)N3CCCCCC3)CC2)cc1. The highest BCUT2D eigenvalue weighted by molar-refractivity contribution is 5.93. The van der Waals surface area contributed by atoms with E-state index in [9.17, 15) is 9.59 Å². The van der Waals surface area contributed by atoms with Gasteiger partial charge in [0.05, 0.1) is 0 Å². The predicted octanol–water partition coefficient (Wildman–Crippen LogP) is 3.90.